The molecule has 0 saturated carbocycles. The summed E-state index contributed by atoms with van der Waals surface area (Å²) in [6.07, 6.45) is 0.328. The van der Waals surface area contributed by atoms with Crippen molar-refractivity contribution >= 4 is 10.0 Å². The van der Waals surface area contributed by atoms with E-state index in [4.69, 9.17) is 9.15 Å². The van der Waals surface area contributed by atoms with E-state index in [-0.39, 0.29) is 17.5 Å². The Morgan fingerprint density at radius 1 is 1.04 bits per heavy atom. The molecule has 1 heterocycles. The second-order valence-corrected chi connectivity index (χ2v) is 7.92. The molecule has 0 radical (unpaired) electrons. The molecule has 0 amide bonds. The van der Waals surface area contributed by atoms with Crippen LogP contribution >= 0.6 is 0 Å². The van der Waals surface area contributed by atoms with Gasteiger partial charge in [0.25, 0.3) is 0 Å². The van der Waals surface area contributed by atoms with Crippen LogP contribution in [0.25, 0.3) is 11.5 Å². The van der Waals surface area contributed by atoms with Gasteiger partial charge in [0.05, 0.1) is 11.0 Å². The maximum Gasteiger partial charge on any atom is 0.247 e. The van der Waals surface area contributed by atoms with Gasteiger partial charge in [0.1, 0.15) is 5.75 Å². The number of hydrogen-bond donors (Lipinski definition) is 1. The third kappa shape index (κ3) is 5.15. The topological polar surface area (TPSA) is 94.3 Å². The van der Waals surface area contributed by atoms with E-state index in [1.807, 2.05) is 44.2 Å². The van der Waals surface area contributed by atoms with Crippen molar-refractivity contribution in [3.63, 3.8) is 0 Å². The van der Waals surface area contributed by atoms with Gasteiger partial charge in [-0.15, -0.1) is 10.2 Å². The highest BCUT2D eigenvalue weighted by Gasteiger charge is 2.15. The molecule has 0 aliphatic carbocycles. The number of benzene rings is 2. The number of nitrogens with zero attached hydrogens (tertiary/aromatic N) is 2. The molecule has 7 nitrogen and oxygen atoms in total. The van der Waals surface area contributed by atoms with Gasteiger partial charge in [-0.1, -0.05) is 18.2 Å². The Morgan fingerprint density at radius 2 is 1.74 bits per heavy atom. The minimum atomic E-state index is -3.62. The third-order valence-electron chi connectivity index (χ3n) is 3.62. The molecular weight excluding hydrogens is 366 g/mol. The Morgan fingerprint density at radius 3 is 2.41 bits per heavy atom. The summed E-state index contributed by atoms with van der Waals surface area (Å²) in [5, 5.41) is 7.94. The van der Waals surface area contributed by atoms with Crippen molar-refractivity contribution in [2.75, 3.05) is 6.54 Å². The molecule has 1 N–H and O–H groups in total. The van der Waals surface area contributed by atoms with Gasteiger partial charge in [0.15, 0.2) is 0 Å². The predicted molar refractivity (Wildman–Crippen MR) is 101 cm³/mol. The van der Waals surface area contributed by atoms with Gasteiger partial charge in [-0.25, -0.2) is 13.1 Å². The highest BCUT2D eigenvalue weighted by molar-refractivity contribution is 7.89. The van der Waals surface area contributed by atoms with Crippen LogP contribution in [0.2, 0.25) is 0 Å². The summed E-state index contributed by atoms with van der Waals surface area (Å²) in [5.74, 6) is 1.41. The lowest BCUT2D eigenvalue weighted by molar-refractivity contribution is 0.242. The molecule has 142 valence electrons. The smallest absolute Gasteiger partial charge is 0.247 e. The molecule has 0 bridgehead atoms. The van der Waals surface area contributed by atoms with Crippen molar-refractivity contribution in [3.05, 3.63) is 60.5 Å². The van der Waals surface area contributed by atoms with Crippen molar-refractivity contribution in [1.29, 1.82) is 0 Å². The van der Waals surface area contributed by atoms with E-state index in [2.05, 4.69) is 14.9 Å². The second-order valence-electron chi connectivity index (χ2n) is 6.15. The molecule has 0 atom stereocenters. The predicted octanol–water partition coefficient (Wildman–Crippen LogP) is 3.04. The van der Waals surface area contributed by atoms with Crippen molar-refractivity contribution < 1.29 is 17.6 Å². The third-order valence-corrected chi connectivity index (χ3v) is 5.10. The minimum absolute atomic E-state index is 0.0285. The summed E-state index contributed by atoms with van der Waals surface area (Å²) in [6.45, 7) is 3.98. The van der Waals surface area contributed by atoms with Gasteiger partial charge in [-0.3, -0.25) is 0 Å². The van der Waals surface area contributed by atoms with E-state index < -0.39 is 10.0 Å². The van der Waals surface area contributed by atoms with Gasteiger partial charge < -0.3 is 9.15 Å². The van der Waals surface area contributed by atoms with Crippen LogP contribution < -0.4 is 9.46 Å². The van der Waals surface area contributed by atoms with Crippen LogP contribution in [0, 0.1) is 0 Å². The maximum atomic E-state index is 12.4. The molecule has 2 aromatic carbocycles. The summed E-state index contributed by atoms with van der Waals surface area (Å²) in [5.41, 5.74) is 0.820. The SMILES string of the molecule is CC(C)Oc1ccc(S(=O)(=O)NCCc2nnc(-c3ccccc3)o2)cc1. The number of ether oxygens (including phenoxy) is 1. The molecule has 3 rings (SSSR count). The van der Waals surface area contributed by atoms with Crippen LogP contribution in [0.3, 0.4) is 0 Å². The first-order valence-electron chi connectivity index (χ1n) is 8.58. The van der Waals surface area contributed by atoms with Gasteiger partial charge in [0.2, 0.25) is 21.8 Å². The lowest BCUT2D eigenvalue weighted by Crippen LogP contribution is -2.26. The standard InChI is InChI=1S/C19H21N3O4S/c1-14(2)25-16-8-10-17(11-9-16)27(23,24)20-13-12-18-21-22-19(26-18)15-6-4-3-5-7-15/h3-11,14,20H,12-13H2,1-2H3. The van der Waals surface area contributed by atoms with E-state index in [1.54, 1.807) is 12.1 Å². The lowest BCUT2D eigenvalue weighted by Gasteiger charge is -2.10. The molecule has 8 heteroatoms. The summed E-state index contributed by atoms with van der Waals surface area (Å²) in [7, 11) is -3.62. The van der Waals surface area contributed by atoms with E-state index >= 15 is 0 Å². The van der Waals surface area contributed by atoms with Crippen molar-refractivity contribution in [3.8, 4) is 17.2 Å². The van der Waals surface area contributed by atoms with E-state index in [0.717, 1.165) is 5.56 Å². The van der Waals surface area contributed by atoms with Crippen molar-refractivity contribution in [2.45, 2.75) is 31.3 Å². The Balaban J connectivity index is 1.57. The molecule has 1 aromatic heterocycles. The highest BCUT2D eigenvalue weighted by atomic mass is 32.2. The fourth-order valence-corrected chi connectivity index (χ4v) is 3.43. The quantitative estimate of drug-likeness (QED) is 0.638. The van der Waals surface area contributed by atoms with Crippen LogP contribution in [0.4, 0.5) is 0 Å². The average molecular weight is 387 g/mol. The summed E-state index contributed by atoms with van der Waals surface area (Å²) in [4.78, 5) is 0.175. The number of rotatable bonds is 8. The Bertz CT molecular complexity index is 968. The zero-order valence-electron chi connectivity index (χ0n) is 15.1. The second kappa shape index (κ2) is 8.32. The van der Waals surface area contributed by atoms with Crippen LogP contribution in [0.5, 0.6) is 5.75 Å². The van der Waals surface area contributed by atoms with Gasteiger partial charge in [0, 0.05) is 18.5 Å². The fourth-order valence-electron chi connectivity index (χ4n) is 2.40. The van der Waals surface area contributed by atoms with Crippen LogP contribution in [0.15, 0.2) is 63.9 Å². The first-order chi connectivity index (χ1) is 12.9. The maximum absolute atomic E-state index is 12.4. The average Bonchev–Trinajstić information content (AvgIpc) is 3.11. The molecule has 0 aliphatic heterocycles. The van der Waals surface area contributed by atoms with E-state index in [9.17, 15) is 8.42 Å². The fraction of sp³-hybridized carbons (Fsp3) is 0.263. The minimum Gasteiger partial charge on any atom is -0.491 e. The van der Waals surface area contributed by atoms with Crippen LogP contribution in [-0.2, 0) is 16.4 Å². The number of hydrogen-bond acceptors (Lipinski definition) is 6. The Labute approximate surface area is 158 Å². The van der Waals surface area contributed by atoms with E-state index in [1.165, 1.54) is 12.1 Å². The monoisotopic (exact) mass is 387 g/mol. The van der Waals surface area contributed by atoms with Crippen LogP contribution in [0.1, 0.15) is 19.7 Å². The van der Waals surface area contributed by atoms with Gasteiger partial charge >= 0.3 is 0 Å². The number of sulfonamides is 1. The molecule has 0 saturated heterocycles. The normalized spacial score (nSPS) is 11.7. The molecule has 27 heavy (non-hydrogen) atoms. The van der Waals surface area contributed by atoms with Gasteiger partial charge in [-0.05, 0) is 50.2 Å². The largest absolute Gasteiger partial charge is 0.491 e. The molecule has 3 aromatic rings. The summed E-state index contributed by atoms with van der Waals surface area (Å²) >= 11 is 0. The number of aromatic nitrogens is 2. The summed E-state index contributed by atoms with van der Waals surface area (Å²) in [6, 6.07) is 15.7. The lowest BCUT2D eigenvalue weighted by atomic mass is 10.2. The van der Waals surface area contributed by atoms with Crippen molar-refractivity contribution in [1.82, 2.24) is 14.9 Å². The Kier molecular flexibility index (Phi) is 5.88. The van der Waals surface area contributed by atoms with E-state index in [0.29, 0.717) is 24.0 Å². The molecule has 0 fully saturated rings. The molecule has 0 unspecified atom stereocenters. The summed E-state index contributed by atoms with van der Waals surface area (Å²) < 4.78 is 38.4. The van der Waals surface area contributed by atoms with Crippen LogP contribution in [-0.4, -0.2) is 31.3 Å². The number of nitrogens with one attached hydrogen (secondary N) is 1. The molecule has 0 spiro atoms. The first kappa shape index (κ1) is 19.1. The zero-order chi connectivity index (χ0) is 19.3. The zero-order valence-corrected chi connectivity index (χ0v) is 15.9. The first-order valence-corrected chi connectivity index (χ1v) is 10.1. The highest BCUT2D eigenvalue weighted by Crippen LogP contribution is 2.18. The Hall–Kier alpha value is -2.71. The van der Waals surface area contributed by atoms with Crippen molar-refractivity contribution in [2.24, 2.45) is 0 Å². The molecule has 0 aliphatic rings. The van der Waals surface area contributed by atoms with Gasteiger partial charge in [-0.2, -0.15) is 0 Å². The molecular formula is C19H21N3O4S.